The second kappa shape index (κ2) is 5.66. The number of amides is 2. The van der Waals surface area contributed by atoms with Crippen LogP contribution in [0.15, 0.2) is 28.9 Å². The molecule has 0 unspecified atom stereocenters. The summed E-state index contributed by atoms with van der Waals surface area (Å²) in [5.41, 5.74) is 2.85. The van der Waals surface area contributed by atoms with Gasteiger partial charge in [0, 0.05) is 29.8 Å². The molecule has 0 saturated heterocycles. The number of nitrogens with zero attached hydrogens (tertiary/aromatic N) is 3. The van der Waals surface area contributed by atoms with E-state index in [0.29, 0.717) is 5.82 Å². The number of aryl methyl sites for hydroxylation is 3. The zero-order valence-electron chi connectivity index (χ0n) is 11.9. The lowest BCUT2D eigenvalue weighted by molar-refractivity contribution is 0.258. The third kappa shape index (κ3) is 2.85. The minimum atomic E-state index is -0.196. The van der Waals surface area contributed by atoms with E-state index in [9.17, 15) is 4.79 Å². The maximum absolute atomic E-state index is 12.3. The first-order valence-corrected chi connectivity index (χ1v) is 6.99. The molecule has 2 rings (SSSR count). The van der Waals surface area contributed by atoms with E-state index in [-0.39, 0.29) is 6.03 Å². The van der Waals surface area contributed by atoms with Gasteiger partial charge in [0.25, 0.3) is 0 Å². The van der Waals surface area contributed by atoms with Crippen LogP contribution in [0.4, 0.5) is 16.3 Å². The summed E-state index contributed by atoms with van der Waals surface area (Å²) < 4.78 is 2.67. The van der Waals surface area contributed by atoms with E-state index in [2.05, 4.69) is 26.3 Å². The van der Waals surface area contributed by atoms with Gasteiger partial charge in [-0.2, -0.15) is 5.10 Å². The molecule has 6 heteroatoms. The molecule has 1 aromatic carbocycles. The molecular formula is C14H17BrN4O. The maximum atomic E-state index is 12.3. The highest BCUT2D eigenvalue weighted by Crippen LogP contribution is 2.23. The molecule has 2 amide bonds. The molecule has 0 bridgehead atoms. The Hall–Kier alpha value is -1.82. The first kappa shape index (κ1) is 14.6. The monoisotopic (exact) mass is 336 g/mol. The molecule has 0 aliphatic heterocycles. The number of benzene rings is 1. The number of urea groups is 1. The highest BCUT2D eigenvalue weighted by molar-refractivity contribution is 9.10. The number of carbonyl (C=O) groups excluding carboxylic acids is 1. The van der Waals surface area contributed by atoms with Crippen molar-refractivity contribution >= 4 is 33.5 Å². The van der Waals surface area contributed by atoms with Crippen LogP contribution in [0.25, 0.3) is 0 Å². The Morgan fingerprint density at radius 2 is 2.05 bits per heavy atom. The molecule has 1 N–H and O–H groups in total. The van der Waals surface area contributed by atoms with E-state index in [1.54, 1.807) is 29.9 Å². The molecule has 1 aromatic heterocycles. The van der Waals surface area contributed by atoms with E-state index < -0.39 is 0 Å². The van der Waals surface area contributed by atoms with Gasteiger partial charge in [-0.25, -0.2) is 4.79 Å². The first-order valence-electron chi connectivity index (χ1n) is 6.19. The van der Waals surface area contributed by atoms with Gasteiger partial charge in [-0.1, -0.05) is 15.9 Å². The summed E-state index contributed by atoms with van der Waals surface area (Å²) in [6.07, 6.45) is 1.72. The second-order valence-corrected chi connectivity index (χ2v) is 5.58. The molecule has 0 aliphatic carbocycles. The standard InChI is InChI=1S/C14H17BrN4O/c1-9-7-11(5-6-12(9)15)18(3)14(20)17-13-10(2)8-16-19(13)4/h5-8H,1-4H3,(H,17,20). The Labute approximate surface area is 126 Å². The van der Waals surface area contributed by atoms with Crippen LogP contribution < -0.4 is 10.2 Å². The van der Waals surface area contributed by atoms with Gasteiger partial charge >= 0.3 is 6.03 Å². The van der Waals surface area contributed by atoms with Gasteiger partial charge in [-0.3, -0.25) is 14.9 Å². The molecule has 20 heavy (non-hydrogen) atoms. The smallest absolute Gasteiger partial charge is 0.297 e. The van der Waals surface area contributed by atoms with E-state index in [1.807, 2.05) is 32.0 Å². The van der Waals surface area contributed by atoms with E-state index in [0.717, 1.165) is 21.3 Å². The number of carbonyl (C=O) groups is 1. The van der Waals surface area contributed by atoms with Gasteiger partial charge < -0.3 is 0 Å². The molecular weight excluding hydrogens is 320 g/mol. The summed E-state index contributed by atoms with van der Waals surface area (Å²) >= 11 is 3.45. The minimum absolute atomic E-state index is 0.196. The lowest BCUT2D eigenvalue weighted by atomic mass is 10.2. The van der Waals surface area contributed by atoms with E-state index >= 15 is 0 Å². The number of halogens is 1. The average Bonchev–Trinajstić information content (AvgIpc) is 2.72. The lowest BCUT2D eigenvalue weighted by Gasteiger charge is -2.19. The maximum Gasteiger partial charge on any atom is 0.327 e. The van der Waals surface area contributed by atoms with Crippen LogP contribution in [0.3, 0.4) is 0 Å². The predicted molar refractivity (Wildman–Crippen MR) is 84.2 cm³/mol. The number of hydrogen-bond donors (Lipinski definition) is 1. The topological polar surface area (TPSA) is 50.2 Å². The van der Waals surface area contributed by atoms with Crippen LogP contribution in [0, 0.1) is 13.8 Å². The summed E-state index contributed by atoms with van der Waals surface area (Å²) in [6.45, 7) is 3.90. The Morgan fingerprint density at radius 1 is 1.35 bits per heavy atom. The highest BCUT2D eigenvalue weighted by atomic mass is 79.9. The quantitative estimate of drug-likeness (QED) is 0.912. The van der Waals surface area contributed by atoms with Crippen LogP contribution in [0.2, 0.25) is 0 Å². The number of nitrogens with one attached hydrogen (secondary N) is 1. The van der Waals surface area contributed by atoms with Crippen molar-refractivity contribution in [1.29, 1.82) is 0 Å². The molecule has 2 aromatic rings. The van der Waals surface area contributed by atoms with Crippen molar-refractivity contribution in [1.82, 2.24) is 9.78 Å². The van der Waals surface area contributed by atoms with Crippen LogP contribution in [0.5, 0.6) is 0 Å². The Kier molecular flexibility index (Phi) is 4.13. The molecule has 0 aliphatic rings. The zero-order valence-corrected chi connectivity index (χ0v) is 13.5. The summed E-state index contributed by atoms with van der Waals surface area (Å²) in [5, 5.41) is 6.97. The van der Waals surface area contributed by atoms with Crippen molar-refractivity contribution in [3.8, 4) is 0 Å². The predicted octanol–water partition coefficient (Wildman–Crippen LogP) is 3.47. The van der Waals surface area contributed by atoms with Crippen molar-refractivity contribution in [2.45, 2.75) is 13.8 Å². The zero-order chi connectivity index (χ0) is 14.9. The SMILES string of the molecule is Cc1cc(N(C)C(=O)Nc2c(C)cnn2C)ccc1Br. The summed E-state index contributed by atoms with van der Waals surface area (Å²) in [6, 6.07) is 5.59. The van der Waals surface area contributed by atoms with Gasteiger partial charge in [0.05, 0.1) is 6.20 Å². The Bertz CT molecular complexity index is 631. The Balaban J connectivity index is 2.18. The molecule has 1 heterocycles. The lowest BCUT2D eigenvalue weighted by Crippen LogP contribution is -2.32. The van der Waals surface area contributed by atoms with Crippen molar-refractivity contribution < 1.29 is 4.79 Å². The fourth-order valence-electron chi connectivity index (χ4n) is 1.87. The third-order valence-electron chi connectivity index (χ3n) is 3.18. The molecule has 0 spiro atoms. The second-order valence-electron chi connectivity index (χ2n) is 4.72. The van der Waals surface area contributed by atoms with Crippen molar-refractivity contribution in [3.63, 3.8) is 0 Å². The number of rotatable bonds is 2. The van der Waals surface area contributed by atoms with Crippen molar-refractivity contribution in [3.05, 3.63) is 40.0 Å². The van der Waals surface area contributed by atoms with Crippen LogP contribution in [-0.2, 0) is 7.05 Å². The van der Waals surface area contributed by atoms with Crippen molar-refractivity contribution in [2.75, 3.05) is 17.3 Å². The number of hydrogen-bond acceptors (Lipinski definition) is 2. The third-order valence-corrected chi connectivity index (χ3v) is 4.07. The normalized spacial score (nSPS) is 10.4. The largest absolute Gasteiger partial charge is 0.327 e. The molecule has 0 atom stereocenters. The molecule has 0 saturated carbocycles. The molecule has 106 valence electrons. The van der Waals surface area contributed by atoms with Gasteiger partial charge in [-0.15, -0.1) is 0 Å². The Morgan fingerprint density at radius 3 is 2.60 bits per heavy atom. The van der Waals surface area contributed by atoms with Crippen LogP contribution in [-0.4, -0.2) is 22.9 Å². The van der Waals surface area contributed by atoms with Gasteiger partial charge in [0.1, 0.15) is 5.82 Å². The van der Waals surface area contributed by atoms with Gasteiger partial charge in [-0.05, 0) is 37.6 Å². The summed E-state index contributed by atoms with van der Waals surface area (Å²) in [4.78, 5) is 13.8. The fourth-order valence-corrected chi connectivity index (χ4v) is 2.11. The summed E-state index contributed by atoms with van der Waals surface area (Å²) in [5.74, 6) is 0.704. The number of anilines is 2. The van der Waals surface area contributed by atoms with Gasteiger partial charge in [0.2, 0.25) is 0 Å². The highest BCUT2D eigenvalue weighted by Gasteiger charge is 2.14. The van der Waals surface area contributed by atoms with Crippen molar-refractivity contribution in [2.24, 2.45) is 7.05 Å². The van der Waals surface area contributed by atoms with E-state index in [4.69, 9.17) is 0 Å². The minimum Gasteiger partial charge on any atom is -0.297 e. The molecule has 0 radical (unpaired) electrons. The average molecular weight is 337 g/mol. The molecule has 0 fully saturated rings. The van der Waals surface area contributed by atoms with Gasteiger partial charge in [0.15, 0.2) is 0 Å². The number of aromatic nitrogens is 2. The fraction of sp³-hybridized carbons (Fsp3) is 0.286. The van der Waals surface area contributed by atoms with Crippen LogP contribution in [0.1, 0.15) is 11.1 Å². The molecule has 5 nitrogen and oxygen atoms in total. The first-order chi connectivity index (χ1) is 9.40. The van der Waals surface area contributed by atoms with E-state index in [1.165, 1.54) is 0 Å². The van der Waals surface area contributed by atoms with Crippen LogP contribution >= 0.6 is 15.9 Å². The summed E-state index contributed by atoms with van der Waals surface area (Å²) in [7, 11) is 3.54.